The Bertz CT molecular complexity index is 2940. The summed E-state index contributed by atoms with van der Waals surface area (Å²) >= 11 is 0. The number of rotatable bonds is 17. The molecule has 66 heavy (non-hydrogen) atoms. The molecule has 3 aromatic heterocycles. The Labute approximate surface area is 383 Å². The topological polar surface area (TPSA) is 176 Å². The van der Waals surface area contributed by atoms with Crippen molar-refractivity contribution >= 4 is 39.5 Å². The molecule has 13 nitrogen and oxygen atoms in total. The van der Waals surface area contributed by atoms with Crippen LogP contribution >= 0.6 is 0 Å². The Morgan fingerprint density at radius 3 is 1.82 bits per heavy atom. The molecule has 338 valence electrons. The van der Waals surface area contributed by atoms with Gasteiger partial charge in [0, 0.05) is 28.6 Å². The van der Waals surface area contributed by atoms with Crippen LogP contribution in [0.5, 0.6) is 28.7 Å². The van der Waals surface area contributed by atoms with Gasteiger partial charge in [0.1, 0.15) is 55.2 Å². The monoisotopic (exact) mass is 889 g/mol. The molecule has 0 aliphatic rings. The van der Waals surface area contributed by atoms with Crippen LogP contribution in [0.4, 0.5) is 0 Å². The second-order valence-corrected chi connectivity index (χ2v) is 14.5. The number of hydrogen-bond donors (Lipinski definition) is 2. The Morgan fingerprint density at radius 1 is 0.561 bits per heavy atom. The Balaban J connectivity index is 0.000000244. The van der Waals surface area contributed by atoms with Crippen molar-refractivity contribution in [3.63, 3.8) is 0 Å². The summed E-state index contributed by atoms with van der Waals surface area (Å²) in [6.45, 7) is 3.83. The minimum absolute atomic E-state index is 0. The largest absolute Gasteiger partial charge is 0.488 e. The number of carbonyl (C=O) groups excluding carboxylic acids is 1. The number of aliphatic carboxylic acids is 1. The number of carboxylic acid groups (broad SMARTS) is 2. The van der Waals surface area contributed by atoms with Crippen LogP contribution in [0.3, 0.4) is 0 Å². The van der Waals surface area contributed by atoms with Crippen LogP contribution in [0, 0.1) is 6.92 Å². The van der Waals surface area contributed by atoms with Crippen molar-refractivity contribution in [2.45, 2.75) is 55.1 Å². The summed E-state index contributed by atoms with van der Waals surface area (Å²) in [7, 11) is 0. The van der Waals surface area contributed by atoms with E-state index in [9.17, 15) is 14.4 Å². The Morgan fingerprint density at radius 2 is 1.18 bits per heavy atom. The average Bonchev–Trinajstić information content (AvgIpc) is 3.31. The molecule has 2 N–H and O–H groups in total. The van der Waals surface area contributed by atoms with Crippen molar-refractivity contribution in [1.82, 2.24) is 15.0 Å². The first kappa shape index (κ1) is 48.7. The van der Waals surface area contributed by atoms with Crippen molar-refractivity contribution < 1.29 is 48.3 Å². The smallest absolute Gasteiger partial charge is 0.341 e. The van der Waals surface area contributed by atoms with Crippen LogP contribution in [0.2, 0.25) is 0 Å². The molecular formula is C53H51N3O10. The number of aromatic nitrogens is 3. The number of carboxylic acids is 2. The fourth-order valence-corrected chi connectivity index (χ4v) is 6.52. The van der Waals surface area contributed by atoms with Gasteiger partial charge in [-0.15, -0.1) is 0 Å². The molecule has 0 aliphatic heterocycles. The standard InChI is InChI=1S/C28H25NO6.C23H18N2O4.2CH4/c1-18-6-5-8-21(28(18)35-17-27(31)32)15-34-26-14-23(12-13-24(26)19(2)30)33-16-22-11-10-20-7-3-4-9-25(20)29-22;26-23(27)18-11-21(13-24-12-18)28-14-16-4-3-6-20(10-16)29-15-19-9-8-17-5-1-2-7-22(17)25-19;;/h3-14H,15-17H2,1-2H3,(H,31,32);1-13H,14-15H2,(H,26,27);2*1H4. The predicted molar refractivity (Wildman–Crippen MR) is 253 cm³/mol. The molecule has 0 spiro atoms. The van der Waals surface area contributed by atoms with Gasteiger partial charge in [0.15, 0.2) is 12.4 Å². The minimum atomic E-state index is -1.07. The predicted octanol–water partition coefficient (Wildman–Crippen LogP) is 11.1. The number of carbonyl (C=O) groups is 3. The number of para-hydroxylation sites is 3. The molecule has 3 heterocycles. The maximum absolute atomic E-state index is 12.2. The summed E-state index contributed by atoms with van der Waals surface area (Å²) in [6.07, 6.45) is 2.77. The highest BCUT2D eigenvalue weighted by atomic mass is 16.5. The Hall–Kier alpha value is -8.32. The molecule has 0 unspecified atom stereocenters. The van der Waals surface area contributed by atoms with Gasteiger partial charge in [0.05, 0.1) is 39.7 Å². The van der Waals surface area contributed by atoms with Gasteiger partial charge in [-0.1, -0.05) is 93.7 Å². The zero-order valence-electron chi connectivity index (χ0n) is 35.0. The quantitative estimate of drug-likeness (QED) is 0.0827. The lowest BCUT2D eigenvalue weighted by molar-refractivity contribution is -0.139. The number of benzene rings is 5. The van der Waals surface area contributed by atoms with Crippen LogP contribution in [0.25, 0.3) is 21.8 Å². The fraction of sp³-hybridized carbons (Fsp3) is 0.170. The van der Waals surface area contributed by atoms with E-state index in [1.807, 2.05) is 116 Å². The number of pyridine rings is 3. The molecule has 0 aliphatic carbocycles. The number of aromatic carboxylic acids is 1. The third kappa shape index (κ3) is 13.3. The average molecular weight is 890 g/mol. The first-order valence-corrected chi connectivity index (χ1v) is 20.1. The van der Waals surface area contributed by atoms with Crippen LogP contribution in [-0.4, -0.2) is 49.5 Å². The number of ketones is 1. The SMILES string of the molecule is C.C.CC(=O)c1ccc(OCc2ccc3ccccc3n2)cc1OCc1cccc(C)c1OCC(=O)O.O=C(O)c1cncc(OCc2cccc(OCc3ccc4ccccc4n3)c2)c1. The minimum Gasteiger partial charge on any atom is -0.488 e. The summed E-state index contributed by atoms with van der Waals surface area (Å²) < 4.78 is 28.9. The van der Waals surface area contributed by atoms with E-state index in [1.54, 1.807) is 24.3 Å². The van der Waals surface area contributed by atoms with E-state index in [0.29, 0.717) is 46.5 Å². The molecule has 0 fully saturated rings. The first-order valence-electron chi connectivity index (χ1n) is 20.1. The molecule has 0 amide bonds. The van der Waals surface area contributed by atoms with Gasteiger partial charge in [0.2, 0.25) is 0 Å². The van der Waals surface area contributed by atoms with Crippen molar-refractivity contribution in [2.75, 3.05) is 6.61 Å². The van der Waals surface area contributed by atoms with Crippen LogP contribution < -0.4 is 23.7 Å². The third-order valence-electron chi connectivity index (χ3n) is 9.70. The van der Waals surface area contributed by atoms with Gasteiger partial charge >= 0.3 is 11.9 Å². The lowest BCUT2D eigenvalue weighted by atomic mass is 10.1. The van der Waals surface area contributed by atoms with E-state index in [1.165, 1.54) is 25.4 Å². The van der Waals surface area contributed by atoms with Gasteiger partial charge < -0.3 is 33.9 Å². The summed E-state index contributed by atoms with van der Waals surface area (Å²) in [4.78, 5) is 47.2. The van der Waals surface area contributed by atoms with E-state index in [0.717, 1.165) is 44.3 Å². The first-order chi connectivity index (χ1) is 31.1. The van der Waals surface area contributed by atoms with Gasteiger partial charge in [-0.2, -0.15) is 0 Å². The van der Waals surface area contributed by atoms with Crippen LogP contribution in [-0.2, 0) is 31.2 Å². The van der Waals surface area contributed by atoms with E-state index < -0.39 is 18.5 Å². The van der Waals surface area contributed by atoms with Crippen molar-refractivity contribution in [1.29, 1.82) is 0 Å². The second kappa shape index (κ2) is 23.4. The number of fused-ring (bicyclic) bond motifs is 2. The molecule has 8 rings (SSSR count). The maximum Gasteiger partial charge on any atom is 0.341 e. The molecule has 0 bridgehead atoms. The molecule has 5 aromatic carbocycles. The van der Waals surface area contributed by atoms with Gasteiger partial charge in [-0.25, -0.2) is 19.6 Å². The van der Waals surface area contributed by atoms with Crippen molar-refractivity contribution in [3.8, 4) is 28.7 Å². The number of aryl methyl sites for hydroxylation is 1. The zero-order chi connectivity index (χ0) is 44.8. The summed E-state index contributed by atoms with van der Waals surface area (Å²) in [5.74, 6) is 0.211. The van der Waals surface area contributed by atoms with Crippen LogP contribution in [0.1, 0.15) is 70.6 Å². The second-order valence-electron chi connectivity index (χ2n) is 14.5. The van der Waals surface area contributed by atoms with Crippen LogP contribution in [0.15, 0.2) is 152 Å². The summed E-state index contributed by atoms with van der Waals surface area (Å²) in [6, 6.07) is 43.2. The van der Waals surface area contributed by atoms with E-state index in [4.69, 9.17) is 33.9 Å². The highest BCUT2D eigenvalue weighted by Gasteiger charge is 2.15. The molecule has 13 heteroatoms. The number of Topliss-reactive ketones (excluding diaryl/α,β-unsaturated/α-hetero) is 1. The molecule has 0 atom stereocenters. The number of ether oxygens (including phenoxy) is 5. The molecule has 0 saturated heterocycles. The van der Waals surface area contributed by atoms with Crippen molar-refractivity contribution in [3.05, 3.63) is 191 Å². The van der Waals surface area contributed by atoms with Gasteiger partial charge in [0.25, 0.3) is 0 Å². The summed E-state index contributed by atoms with van der Waals surface area (Å²) in [5, 5.41) is 20.1. The lowest BCUT2D eigenvalue weighted by Gasteiger charge is -2.16. The van der Waals surface area contributed by atoms with Gasteiger partial charge in [-0.05, 0) is 79.6 Å². The van der Waals surface area contributed by atoms with E-state index in [2.05, 4.69) is 15.0 Å². The van der Waals surface area contributed by atoms with Crippen molar-refractivity contribution in [2.24, 2.45) is 0 Å². The van der Waals surface area contributed by atoms with E-state index in [-0.39, 0.29) is 46.0 Å². The Kier molecular flexibility index (Phi) is 17.3. The lowest BCUT2D eigenvalue weighted by Crippen LogP contribution is -2.12. The van der Waals surface area contributed by atoms with Gasteiger partial charge in [-0.3, -0.25) is 9.78 Å². The highest BCUT2D eigenvalue weighted by Crippen LogP contribution is 2.30. The zero-order valence-corrected chi connectivity index (χ0v) is 35.0. The molecular weight excluding hydrogens is 839 g/mol. The fourth-order valence-electron chi connectivity index (χ4n) is 6.52. The molecule has 0 saturated carbocycles. The summed E-state index contributed by atoms with van der Waals surface area (Å²) in [5.41, 5.74) is 6.32. The normalized spacial score (nSPS) is 10.3. The maximum atomic E-state index is 12.2. The molecule has 8 aromatic rings. The molecule has 0 radical (unpaired) electrons. The third-order valence-corrected chi connectivity index (χ3v) is 9.70. The number of nitrogens with zero attached hydrogens (tertiary/aromatic N) is 3. The van der Waals surface area contributed by atoms with E-state index >= 15 is 0 Å². The highest BCUT2D eigenvalue weighted by molar-refractivity contribution is 5.97. The number of hydrogen-bond acceptors (Lipinski definition) is 11.